The Balaban J connectivity index is 2.12. The van der Waals surface area contributed by atoms with Crippen molar-refractivity contribution in [2.45, 2.75) is 12.8 Å². The molecule has 0 bridgehead atoms. The summed E-state index contributed by atoms with van der Waals surface area (Å²) in [6, 6.07) is 5.11. The zero-order chi connectivity index (χ0) is 13.8. The van der Waals surface area contributed by atoms with E-state index in [2.05, 4.69) is 0 Å². The van der Waals surface area contributed by atoms with Crippen molar-refractivity contribution >= 4 is 11.6 Å². The van der Waals surface area contributed by atoms with Crippen LogP contribution in [0.5, 0.6) is 5.75 Å². The number of benzene rings is 1. The predicted octanol–water partition coefficient (Wildman–Crippen LogP) is 1.12. The maximum absolute atomic E-state index is 12.4. The maximum atomic E-state index is 12.4. The monoisotopic (exact) mass is 264 g/mol. The molecule has 1 fully saturated rings. The zero-order valence-corrected chi connectivity index (χ0v) is 11.1. The normalized spacial score (nSPS) is 18.6. The van der Waals surface area contributed by atoms with Gasteiger partial charge in [-0.2, -0.15) is 0 Å². The summed E-state index contributed by atoms with van der Waals surface area (Å²) in [7, 11) is 1.56. The van der Waals surface area contributed by atoms with Crippen LogP contribution in [0.25, 0.3) is 0 Å². The Morgan fingerprint density at radius 2 is 2.37 bits per heavy atom. The highest BCUT2D eigenvalue weighted by Gasteiger charge is 2.27. The summed E-state index contributed by atoms with van der Waals surface area (Å²) in [5.74, 6) is 0.960. The minimum atomic E-state index is -0.0585. The van der Waals surface area contributed by atoms with E-state index in [0.717, 1.165) is 19.4 Å². The Bertz CT molecular complexity index is 462. The lowest BCUT2D eigenvalue weighted by atomic mass is 10.1. The number of amides is 1. The lowest BCUT2D eigenvalue weighted by Gasteiger charge is -2.18. The van der Waals surface area contributed by atoms with Gasteiger partial charge in [-0.25, -0.2) is 0 Å². The van der Waals surface area contributed by atoms with Gasteiger partial charge in [0.25, 0.3) is 5.91 Å². The first-order valence-electron chi connectivity index (χ1n) is 6.49. The van der Waals surface area contributed by atoms with Crippen LogP contribution in [-0.4, -0.2) is 42.7 Å². The third-order valence-corrected chi connectivity index (χ3v) is 3.60. The van der Waals surface area contributed by atoms with Crippen LogP contribution >= 0.6 is 0 Å². The molecule has 1 saturated heterocycles. The maximum Gasteiger partial charge on any atom is 0.256 e. The Kier molecular flexibility index (Phi) is 4.27. The second kappa shape index (κ2) is 5.93. The molecule has 1 unspecified atom stereocenters. The molecule has 0 aliphatic carbocycles. The van der Waals surface area contributed by atoms with Gasteiger partial charge in [0.05, 0.1) is 12.7 Å². The molecule has 0 saturated carbocycles. The summed E-state index contributed by atoms with van der Waals surface area (Å²) in [5, 5.41) is 8.94. The number of hydrogen-bond acceptors (Lipinski definition) is 4. The van der Waals surface area contributed by atoms with Crippen LogP contribution < -0.4 is 10.5 Å². The van der Waals surface area contributed by atoms with Gasteiger partial charge < -0.3 is 20.5 Å². The number of likely N-dealkylation sites (tertiary alicyclic amines) is 1. The predicted molar refractivity (Wildman–Crippen MR) is 73.1 cm³/mol. The van der Waals surface area contributed by atoms with Crippen LogP contribution in [0.2, 0.25) is 0 Å². The van der Waals surface area contributed by atoms with Crippen molar-refractivity contribution in [3.63, 3.8) is 0 Å². The molecular weight excluding hydrogens is 244 g/mol. The number of aliphatic hydroxyl groups is 1. The van der Waals surface area contributed by atoms with Gasteiger partial charge in [0, 0.05) is 25.4 Å². The number of aliphatic hydroxyl groups excluding tert-OH is 1. The van der Waals surface area contributed by atoms with E-state index in [-0.39, 0.29) is 12.5 Å². The average Bonchev–Trinajstić information content (AvgIpc) is 2.88. The van der Waals surface area contributed by atoms with Crippen molar-refractivity contribution in [2.24, 2.45) is 5.92 Å². The van der Waals surface area contributed by atoms with Gasteiger partial charge in [-0.15, -0.1) is 0 Å². The van der Waals surface area contributed by atoms with Gasteiger partial charge in [0.15, 0.2) is 0 Å². The Hall–Kier alpha value is -1.75. The number of ether oxygens (including phenoxy) is 1. The van der Waals surface area contributed by atoms with Crippen molar-refractivity contribution in [2.75, 3.05) is 32.5 Å². The minimum absolute atomic E-state index is 0.0585. The van der Waals surface area contributed by atoms with E-state index in [1.165, 1.54) is 0 Å². The summed E-state index contributed by atoms with van der Waals surface area (Å²) in [6.45, 7) is 1.59. The molecule has 2 rings (SSSR count). The van der Waals surface area contributed by atoms with Crippen LogP contribution in [0.4, 0.5) is 5.69 Å². The van der Waals surface area contributed by atoms with Crippen LogP contribution in [-0.2, 0) is 0 Å². The topological polar surface area (TPSA) is 75.8 Å². The Labute approximate surface area is 113 Å². The van der Waals surface area contributed by atoms with E-state index in [0.29, 0.717) is 29.5 Å². The molecular formula is C14H20N2O3. The molecule has 5 heteroatoms. The number of carbonyl (C=O) groups is 1. The molecule has 5 nitrogen and oxygen atoms in total. The SMILES string of the molecule is COc1ccc(N)c(C(=O)N2CCC(CCO)C2)c1. The summed E-state index contributed by atoms with van der Waals surface area (Å²) in [5.41, 5.74) is 6.82. The number of hydrogen-bond donors (Lipinski definition) is 2. The van der Waals surface area contributed by atoms with E-state index >= 15 is 0 Å². The van der Waals surface area contributed by atoms with Crippen molar-refractivity contribution < 1.29 is 14.6 Å². The van der Waals surface area contributed by atoms with Gasteiger partial charge in [-0.1, -0.05) is 0 Å². The van der Waals surface area contributed by atoms with Gasteiger partial charge in [0.2, 0.25) is 0 Å². The number of nitrogens with two attached hydrogens (primary N) is 1. The van der Waals surface area contributed by atoms with E-state index < -0.39 is 0 Å². The summed E-state index contributed by atoms with van der Waals surface area (Å²) in [6.07, 6.45) is 1.69. The largest absolute Gasteiger partial charge is 0.497 e. The highest BCUT2D eigenvalue weighted by Crippen LogP contribution is 2.25. The fourth-order valence-electron chi connectivity index (χ4n) is 2.45. The van der Waals surface area contributed by atoms with Gasteiger partial charge >= 0.3 is 0 Å². The molecule has 1 amide bonds. The average molecular weight is 264 g/mol. The van der Waals surface area contributed by atoms with Gasteiger partial charge in [-0.05, 0) is 37.0 Å². The molecule has 3 N–H and O–H groups in total. The van der Waals surface area contributed by atoms with E-state index in [9.17, 15) is 4.79 Å². The molecule has 1 heterocycles. The number of nitrogens with zero attached hydrogens (tertiary/aromatic N) is 1. The molecule has 1 aromatic rings. The lowest BCUT2D eigenvalue weighted by molar-refractivity contribution is 0.0785. The molecule has 1 aromatic carbocycles. The molecule has 19 heavy (non-hydrogen) atoms. The summed E-state index contributed by atoms with van der Waals surface area (Å²) in [4.78, 5) is 14.2. The second-order valence-corrected chi connectivity index (χ2v) is 4.87. The van der Waals surface area contributed by atoms with Crippen molar-refractivity contribution in [3.05, 3.63) is 23.8 Å². The van der Waals surface area contributed by atoms with Crippen LogP contribution in [0.1, 0.15) is 23.2 Å². The Morgan fingerprint density at radius 3 is 3.05 bits per heavy atom. The molecule has 1 atom stereocenters. The molecule has 104 valence electrons. The van der Waals surface area contributed by atoms with Crippen LogP contribution in [0.15, 0.2) is 18.2 Å². The third kappa shape index (κ3) is 2.98. The fourth-order valence-corrected chi connectivity index (χ4v) is 2.45. The van der Waals surface area contributed by atoms with E-state index in [1.807, 2.05) is 0 Å². The first kappa shape index (κ1) is 13.7. The van der Waals surface area contributed by atoms with Gasteiger partial charge in [-0.3, -0.25) is 4.79 Å². The number of anilines is 1. The second-order valence-electron chi connectivity index (χ2n) is 4.87. The molecule has 0 radical (unpaired) electrons. The van der Waals surface area contributed by atoms with Crippen LogP contribution in [0, 0.1) is 5.92 Å². The van der Waals surface area contributed by atoms with Crippen LogP contribution in [0.3, 0.4) is 0 Å². The number of carbonyl (C=O) groups excluding carboxylic acids is 1. The van der Waals surface area contributed by atoms with Gasteiger partial charge in [0.1, 0.15) is 5.75 Å². The van der Waals surface area contributed by atoms with Crippen molar-refractivity contribution in [1.29, 1.82) is 0 Å². The first-order valence-corrected chi connectivity index (χ1v) is 6.49. The number of methoxy groups -OCH3 is 1. The minimum Gasteiger partial charge on any atom is -0.497 e. The van der Waals surface area contributed by atoms with Crippen molar-refractivity contribution in [3.8, 4) is 5.75 Å². The summed E-state index contributed by atoms with van der Waals surface area (Å²) >= 11 is 0. The fraction of sp³-hybridized carbons (Fsp3) is 0.500. The van der Waals surface area contributed by atoms with E-state index in [4.69, 9.17) is 15.6 Å². The molecule has 0 spiro atoms. The molecule has 1 aliphatic rings. The first-order chi connectivity index (χ1) is 9.15. The standard InChI is InChI=1S/C14H20N2O3/c1-19-11-2-3-13(15)12(8-11)14(18)16-6-4-10(9-16)5-7-17/h2-3,8,10,17H,4-7,9,15H2,1H3. The number of nitrogen functional groups attached to an aromatic ring is 1. The van der Waals surface area contributed by atoms with E-state index in [1.54, 1.807) is 30.2 Å². The zero-order valence-electron chi connectivity index (χ0n) is 11.1. The van der Waals surface area contributed by atoms with Crippen molar-refractivity contribution in [1.82, 2.24) is 4.90 Å². The highest BCUT2D eigenvalue weighted by atomic mass is 16.5. The Morgan fingerprint density at radius 1 is 1.58 bits per heavy atom. The smallest absolute Gasteiger partial charge is 0.256 e. The number of rotatable bonds is 4. The lowest BCUT2D eigenvalue weighted by Crippen LogP contribution is -2.29. The quantitative estimate of drug-likeness (QED) is 0.799. The molecule has 1 aliphatic heterocycles. The highest BCUT2D eigenvalue weighted by molar-refractivity contribution is 5.99. The third-order valence-electron chi connectivity index (χ3n) is 3.60. The summed E-state index contributed by atoms with van der Waals surface area (Å²) < 4.78 is 5.12. The molecule has 0 aromatic heterocycles.